The number of carbonyl (C=O) groups is 1. The molecule has 1 heterocycles. The summed E-state index contributed by atoms with van der Waals surface area (Å²) in [5.74, 6) is 0.525. The van der Waals surface area contributed by atoms with E-state index in [0.717, 1.165) is 48.6 Å². The third kappa shape index (κ3) is 11.5. The largest absolute Gasteiger partial charge is 0.494 e. The van der Waals surface area contributed by atoms with Gasteiger partial charge in [-0.1, -0.05) is 107 Å². The molecule has 45 heavy (non-hydrogen) atoms. The summed E-state index contributed by atoms with van der Waals surface area (Å²) in [7, 11) is 0. The summed E-state index contributed by atoms with van der Waals surface area (Å²) in [4.78, 5) is 11.8. The molecule has 0 saturated heterocycles. The molecule has 0 fully saturated rings. The van der Waals surface area contributed by atoms with Crippen LogP contribution in [0.3, 0.4) is 0 Å². The molecular weight excluding hydrogens is 558 g/mol. The summed E-state index contributed by atoms with van der Waals surface area (Å²) in [5, 5.41) is 9.71. The monoisotopic (exact) mass is 609 g/mol. The van der Waals surface area contributed by atoms with Crippen molar-refractivity contribution in [2.24, 2.45) is 0 Å². The highest BCUT2D eigenvalue weighted by Crippen LogP contribution is 2.26. The van der Waals surface area contributed by atoms with E-state index >= 15 is 0 Å². The Hall–Kier alpha value is -3.99. The van der Waals surface area contributed by atoms with Gasteiger partial charge in [0.1, 0.15) is 11.5 Å². The Morgan fingerprint density at radius 1 is 0.711 bits per heavy atom. The molecule has 0 aliphatic heterocycles. The summed E-state index contributed by atoms with van der Waals surface area (Å²) in [6.07, 6.45) is 13.6. The molecule has 0 aliphatic carbocycles. The zero-order valence-corrected chi connectivity index (χ0v) is 27.3. The number of benzene rings is 3. The van der Waals surface area contributed by atoms with Crippen molar-refractivity contribution in [3.05, 3.63) is 108 Å². The second-order valence-corrected chi connectivity index (χ2v) is 12.1. The molecule has 0 unspecified atom stereocenters. The Morgan fingerprint density at radius 3 is 1.98 bits per heavy atom. The lowest BCUT2D eigenvalue weighted by Crippen LogP contribution is -2.29. The van der Waals surface area contributed by atoms with Crippen molar-refractivity contribution in [2.75, 3.05) is 6.61 Å². The highest BCUT2D eigenvalue weighted by molar-refractivity contribution is 5.73. The van der Waals surface area contributed by atoms with Gasteiger partial charge >= 0.3 is 5.97 Å². The molecule has 0 radical (unpaired) electrons. The molecule has 0 aliphatic rings. The first kappa shape index (κ1) is 33.9. The summed E-state index contributed by atoms with van der Waals surface area (Å²) in [5.41, 5.74) is 5.62. The van der Waals surface area contributed by atoms with E-state index in [9.17, 15) is 9.90 Å². The molecule has 1 atom stereocenters. The van der Waals surface area contributed by atoms with E-state index in [4.69, 9.17) is 9.47 Å². The maximum absolute atomic E-state index is 11.8. The van der Waals surface area contributed by atoms with Gasteiger partial charge in [0.05, 0.1) is 6.61 Å². The van der Waals surface area contributed by atoms with Crippen molar-refractivity contribution >= 4 is 5.97 Å². The zero-order chi connectivity index (χ0) is 31.7. The van der Waals surface area contributed by atoms with Crippen LogP contribution >= 0.6 is 0 Å². The number of unbranched alkanes of at least 4 members (excludes halogenated alkanes) is 9. The van der Waals surface area contributed by atoms with Gasteiger partial charge < -0.3 is 19.1 Å². The van der Waals surface area contributed by atoms with E-state index in [1.807, 2.05) is 54.6 Å². The fourth-order valence-corrected chi connectivity index (χ4v) is 5.77. The SMILES string of the molecule is CCCCCCCCCCCCOc1ccc(CCn2c(C)ccc2-c2ccc(O[C@H](Cc3ccccc3)C(=O)O)cc2)cc1. The maximum Gasteiger partial charge on any atom is 0.345 e. The first-order chi connectivity index (χ1) is 22.0. The average molecular weight is 610 g/mol. The van der Waals surface area contributed by atoms with Crippen LogP contribution in [0, 0.1) is 6.92 Å². The summed E-state index contributed by atoms with van der Waals surface area (Å²) < 4.78 is 14.2. The van der Waals surface area contributed by atoms with Crippen molar-refractivity contribution in [3.8, 4) is 22.8 Å². The Morgan fingerprint density at radius 2 is 1.33 bits per heavy atom. The molecular formula is C40H51NO4. The third-order valence-corrected chi connectivity index (χ3v) is 8.48. The van der Waals surface area contributed by atoms with Crippen molar-refractivity contribution in [2.45, 2.75) is 104 Å². The van der Waals surface area contributed by atoms with E-state index < -0.39 is 12.1 Å². The molecule has 1 aromatic heterocycles. The fraction of sp³-hybridized carbons (Fsp3) is 0.425. The number of carboxylic acids is 1. The van der Waals surface area contributed by atoms with Gasteiger partial charge in [0.25, 0.3) is 0 Å². The molecule has 0 bridgehead atoms. The summed E-state index contributed by atoms with van der Waals surface area (Å²) >= 11 is 0. The zero-order valence-electron chi connectivity index (χ0n) is 27.3. The van der Waals surface area contributed by atoms with Crippen molar-refractivity contribution in [1.82, 2.24) is 4.57 Å². The lowest BCUT2D eigenvalue weighted by atomic mass is 10.1. The van der Waals surface area contributed by atoms with Crippen molar-refractivity contribution in [1.29, 1.82) is 0 Å². The number of nitrogens with zero attached hydrogens (tertiary/aromatic N) is 1. The summed E-state index contributed by atoms with van der Waals surface area (Å²) in [6, 6.07) is 30.1. The van der Waals surface area contributed by atoms with Gasteiger partial charge in [-0.3, -0.25) is 0 Å². The quantitative estimate of drug-likeness (QED) is 0.0955. The molecule has 5 heteroatoms. The normalized spacial score (nSPS) is 11.8. The van der Waals surface area contributed by atoms with Gasteiger partial charge in [0, 0.05) is 24.4 Å². The Bertz CT molecular complexity index is 1390. The van der Waals surface area contributed by atoms with Crippen molar-refractivity contribution < 1.29 is 19.4 Å². The number of aliphatic carboxylic acids is 1. The van der Waals surface area contributed by atoms with Gasteiger partial charge in [-0.2, -0.15) is 0 Å². The number of ether oxygens (including phenoxy) is 2. The van der Waals surface area contributed by atoms with E-state index in [-0.39, 0.29) is 0 Å². The van der Waals surface area contributed by atoms with Crippen LogP contribution in [0.2, 0.25) is 0 Å². The van der Waals surface area contributed by atoms with Crippen LogP contribution in [0.4, 0.5) is 0 Å². The highest BCUT2D eigenvalue weighted by atomic mass is 16.5. The standard InChI is InChI=1S/C40H51NO4/c1-3-4-5-6-7-8-9-10-11-15-30-44-36-23-19-33(20-24-36)28-29-41-32(2)18-27-38(41)35-21-25-37(26-22-35)45-39(40(42)43)31-34-16-13-12-14-17-34/h12-14,16-27,39H,3-11,15,28-31H2,1-2H3,(H,42,43)/t39-/m1/s1. The molecule has 5 nitrogen and oxygen atoms in total. The second-order valence-electron chi connectivity index (χ2n) is 12.1. The van der Waals surface area contributed by atoms with E-state index in [2.05, 4.69) is 54.8 Å². The van der Waals surface area contributed by atoms with Crippen LogP contribution < -0.4 is 9.47 Å². The Labute approximate surface area is 270 Å². The van der Waals surface area contributed by atoms with Crippen LogP contribution in [0.5, 0.6) is 11.5 Å². The first-order valence-corrected chi connectivity index (χ1v) is 16.9. The van der Waals surface area contributed by atoms with Crippen molar-refractivity contribution in [3.63, 3.8) is 0 Å². The molecule has 1 N–H and O–H groups in total. The third-order valence-electron chi connectivity index (χ3n) is 8.48. The van der Waals surface area contributed by atoms with Crippen LogP contribution in [-0.4, -0.2) is 28.4 Å². The number of aromatic nitrogens is 1. The Balaban J connectivity index is 1.21. The van der Waals surface area contributed by atoms with Gasteiger partial charge in [-0.05, 0) is 85.0 Å². The van der Waals surface area contributed by atoms with E-state index in [1.54, 1.807) is 0 Å². The van der Waals surface area contributed by atoms with Gasteiger partial charge in [-0.15, -0.1) is 0 Å². The molecule has 0 saturated carbocycles. The molecule has 0 spiro atoms. The fourth-order valence-electron chi connectivity index (χ4n) is 5.77. The van der Waals surface area contributed by atoms with E-state index in [0.29, 0.717) is 12.2 Å². The second kappa shape index (κ2) is 18.7. The first-order valence-electron chi connectivity index (χ1n) is 16.9. The highest BCUT2D eigenvalue weighted by Gasteiger charge is 2.20. The maximum atomic E-state index is 11.8. The number of rotatable bonds is 21. The number of carboxylic acid groups (broad SMARTS) is 1. The van der Waals surface area contributed by atoms with Crippen LogP contribution in [0.1, 0.15) is 88.0 Å². The molecule has 0 amide bonds. The molecule has 4 rings (SSSR count). The van der Waals surface area contributed by atoms with Gasteiger partial charge in [0.15, 0.2) is 6.10 Å². The summed E-state index contributed by atoms with van der Waals surface area (Å²) in [6.45, 7) is 6.05. The molecule has 4 aromatic rings. The van der Waals surface area contributed by atoms with Crippen LogP contribution in [-0.2, 0) is 24.2 Å². The topological polar surface area (TPSA) is 60.7 Å². The lowest BCUT2D eigenvalue weighted by molar-refractivity contribution is -0.145. The van der Waals surface area contributed by atoms with Gasteiger partial charge in [-0.25, -0.2) is 4.79 Å². The predicted octanol–water partition coefficient (Wildman–Crippen LogP) is 10.1. The smallest absolute Gasteiger partial charge is 0.345 e. The number of hydrogen-bond acceptors (Lipinski definition) is 3. The number of hydrogen-bond donors (Lipinski definition) is 1. The van der Waals surface area contributed by atoms with E-state index in [1.165, 1.54) is 69.0 Å². The minimum atomic E-state index is -0.971. The lowest BCUT2D eigenvalue weighted by Gasteiger charge is -2.16. The van der Waals surface area contributed by atoms with Crippen LogP contribution in [0.25, 0.3) is 11.3 Å². The van der Waals surface area contributed by atoms with Crippen LogP contribution in [0.15, 0.2) is 91.0 Å². The number of aryl methyl sites for hydroxylation is 2. The Kier molecular flexibility index (Phi) is 14.1. The minimum absolute atomic E-state index is 0.312. The predicted molar refractivity (Wildman–Crippen MR) is 184 cm³/mol. The minimum Gasteiger partial charge on any atom is -0.494 e. The van der Waals surface area contributed by atoms with Gasteiger partial charge in [0.2, 0.25) is 0 Å². The average Bonchev–Trinajstić information content (AvgIpc) is 3.43. The molecule has 3 aromatic carbocycles. The molecule has 240 valence electrons.